The maximum atomic E-state index is 12.2. The van der Waals surface area contributed by atoms with Gasteiger partial charge < -0.3 is 19.7 Å². The molecule has 2 aromatic rings. The van der Waals surface area contributed by atoms with Crippen LogP contribution in [0.1, 0.15) is 17.4 Å². The van der Waals surface area contributed by atoms with Crippen LogP contribution in [-0.2, 0) is 0 Å². The van der Waals surface area contributed by atoms with E-state index in [1.807, 2.05) is 0 Å². The summed E-state index contributed by atoms with van der Waals surface area (Å²) < 4.78 is 40.4. The zero-order chi connectivity index (χ0) is 16.3. The number of likely N-dealkylation sites (N-methyl/N-ethyl adjacent to an activating group) is 1. The number of fused-ring (bicyclic) bond motifs is 1. The zero-order valence-electron chi connectivity index (χ0n) is 11.8. The molecule has 0 aliphatic heterocycles. The van der Waals surface area contributed by atoms with E-state index >= 15 is 0 Å². The number of benzene rings is 1. The first-order valence-electron chi connectivity index (χ1n) is 6.62. The van der Waals surface area contributed by atoms with Gasteiger partial charge in [0.1, 0.15) is 11.4 Å². The number of aliphatic hydroxyl groups excluding tert-OH is 1. The fraction of sp³-hybridized carbons (Fsp3) is 0.357. The first kappa shape index (κ1) is 16.2. The smallest absolute Gasteiger partial charge is 0.406 e. The summed E-state index contributed by atoms with van der Waals surface area (Å²) in [5.41, 5.74) is 0.611. The van der Waals surface area contributed by atoms with Gasteiger partial charge in [0, 0.05) is 30.1 Å². The minimum absolute atomic E-state index is 0.163. The lowest BCUT2D eigenvalue weighted by Gasteiger charge is -2.18. The van der Waals surface area contributed by atoms with Crippen LogP contribution in [0.3, 0.4) is 0 Å². The number of ether oxygens (including phenoxy) is 1. The molecule has 0 saturated carbocycles. The number of H-pyrrole nitrogens is 1. The predicted octanol–water partition coefficient (Wildman–Crippen LogP) is 2.52. The third-order valence-electron chi connectivity index (χ3n) is 3.10. The minimum atomic E-state index is -4.76. The monoisotopic (exact) mass is 316 g/mol. The van der Waals surface area contributed by atoms with Crippen molar-refractivity contribution in [3.05, 3.63) is 30.0 Å². The van der Waals surface area contributed by atoms with Crippen molar-refractivity contribution in [2.24, 2.45) is 0 Å². The van der Waals surface area contributed by atoms with Crippen molar-refractivity contribution in [1.82, 2.24) is 9.88 Å². The Morgan fingerprint density at radius 2 is 2.09 bits per heavy atom. The van der Waals surface area contributed by atoms with Gasteiger partial charge in [-0.2, -0.15) is 0 Å². The number of nitrogens with one attached hydrogen (secondary N) is 1. The molecule has 1 amide bonds. The van der Waals surface area contributed by atoms with Crippen LogP contribution in [0.4, 0.5) is 13.2 Å². The van der Waals surface area contributed by atoms with Crippen LogP contribution < -0.4 is 4.74 Å². The molecular formula is C14H15F3N2O3. The molecule has 0 atom stereocenters. The van der Waals surface area contributed by atoms with Gasteiger partial charge >= 0.3 is 6.36 Å². The Hall–Kier alpha value is -2.22. The second kappa shape index (κ2) is 6.27. The van der Waals surface area contributed by atoms with Crippen molar-refractivity contribution in [3.8, 4) is 5.75 Å². The summed E-state index contributed by atoms with van der Waals surface area (Å²) in [4.78, 5) is 16.4. The Labute approximate surface area is 124 Å². The molecule has 0 aliphatic carbocycles. The van der Waals surface area contributed by atoms with E-state index in [1.165, 1.54) is 23.1 Å². The Morgan fingerprint density at radius 1 is 1.36 bits per heavy atom. The molecule has 0 unspecified atom stereocenters. The van der Waals surface area contributed by atoms with Crippen molar-refractivity contribution < 1.29 is 27.8 Å². The fourth-order valence-electron chi connectivity index (χ4n) is 2.11. The van der Waals surface area contributed by atoms with Crippen molar-refractivity contribution in [2.45, 2.75) is 13.3 Å². The highest BCUT2D eigenvalue weighted by Crippen LogP contribution is 2.27. The highest BCUT2D eigenvalue weighted by atomic mass is 19.4. The largest absolute Gasteiger partial charge is 0.573 e. The summed E-state index contributed by atoms with van der Waals surface area (Å²) in [6.07, 6.45) is -4.76. The topological polar surface area (TPSA) is 65.6 Å². The van der Waals surface area contributed by atoms with E-state index in [1.54, 1.807) is 13.0 Å². The molecule has 0 radical (unpaired) electrons. The van der Waals surface area contributed by atoms with Gasteiger partial charge in [-0.1, -0.05) is 0 Å². The third-order valence-corrected chi connectivity index (χ3v) is 3.10. The molecule has 0 bridgehead atoms. The maximum Gasteiger partial charge on any atom is 0.573 e. The van der Waals surface area contributed by atoms with E-state index in [2.05, 4.69) is 9.72 Å². The molecule has 0 fully saturated rings. The van der Waals surface area contributed by atoms with Crippen molar-refractivity contribution >= 4 is 16.8 Å². The van der Waals surface area contributed by atoms with E-state index in [0.717, 1.165) is 0 Å². The fourth-order valence-corrected chi connectivity index (χ4v) is 2.11. The molecule has 22 heavy (non-hydrogen) atoms. The van der Waals surface area contributed by atoms with E-state index in [9.17, 15) is 18.0 Å². The molecule has 0 saturated heterocycles. The first-order chi connectivity index (χ1) is 10.3. The zero-order valence-corrected chi connectivity index (χ0v) is 11.8. The normalized spacial score (nSPS) is 11.7. The number of amides is 1. The summed E-state index contributed by atoms with van der Waals surface area (Å²) in [6, 6.07) is 5.35. The quantitative estimate of drug-likeness (QED) is 0.891. The molecule has 0 aliphatic rings. The number of halogens is 3. The van der Waals surface area contributed by atoms with E-state index in [-0.39, 0.29) is 30.5 Å². The van der Waals surface area contributed by atoms with Gasteiger partial charge in [0.05, 0.1) is 6.61 Å². The van der Waals surface area contributed by atoms with Crippen molar-refractivity contribution in [3.63, 3.8) is 0 Å². The van der Waals surface area contributed by atoms with Crippen LogP contribution in [0.5, 0.6) is 5.75 Å². The molecule has 120 valence electrons. The van der Waals surface area contributed by atoms with Crippen LogP contribution in [0.15, 0.2) is 24.3 Å². The molecule has 2 rings (SSSR count). The highest BCUT2D eigenvalue weighted by molar-refractivity contribution is 5.98. The lowest BCUT2D eigenvalue weighted by atomic mass is 10.2. The Morgan fingerprint density at radius 3 is 2.68 bits per heavy atom. The number of hydrogen-bond acceptors (Lipinski definition) is 3. The molecule has 8 heteroatoms. The summed E-state index contributed by atoms with van der Waals surface area (Å²) in [6.45, 7) is 2.21. The van der Waals surface area contributed by atoms with Crippen LogP contribution in [-0.4, -0.2) is 47.0 Å². The number of rotatable bonds is 5. The lowest BCUT2D eigenvalue weighted by molar-refractivity contribution is -0.274. The third kappa shape index (κ3) is 3.70. The number of aliphatic hydroxyl groups is 1. The standard InChI is InChI=1S/C14H15F3N2O3/c1-2-19(5-6-20)13(21)12-7-9-3-4-10(8-11(9)18-12)22-14(15,16)17/h3-4,7-8,18,20H,2,5-6H2,1H3. The van der Waals surface area contributed by atoms with Gasteiger partial charge in [0.25, 0.3) is 5.91 Å². The number of aromatic amines is 1. The van der Waals surface area contributed by atoms with Crippen LogP contribution in [0, 0.1) is 0 Å². The average molecular weight is 316 g/mol. The average Bonchev–Trinajstić information content (AvgIpc) is 2.85. The number of aromatic nitrogens is 1. The minimum Gasteiger partial charge on any atom is -0.406 e. The van der Waals surface area contributed by atoms with E-state index in [4.69, 9.17) is 5.11 Å². The van der Waals surface area contributed by atoms with E-state index in [0.29, 0.717) is 17.4 Å². The van der Waals surface area contributed by atoms with Crippen molar-refractivity contribution in [1.29, 1.82) is 0 Å². The molecular weight excluding hydrogens is 301 g/mol. The van der Waals surface area contributed by atoms with Crippen LogP contribution >= 0.6 is 0 Å². The molecule has 1 aromatic carbocycles. The van der Waals surface area contributed by atoms with Gasteiger partial charge in [0.2, 0.25) is 0 Å². The molecule has 1 heterocycles. The molecule has 5 nitrogen and oxygen atoms in total. The van der Waals surface area contributed by atoms with Crippen LogP contribution in [0.2, 0.25) is 0 Å². The van der Waals surface area contributed by atoms with Crippen LogP contribution in [0.25, 0.3) is 10.9 Å². The Balaban J connectivity index is 2.28. The predicted molar refractivity (Wildman–Crippen MR) is 73.6 cm³/mol. The summed E-state index contributed by atoms with van der Waals surface area (Å²) >= 11 is 0. The molecule has 0 spiro atoms. The number of nitrogens with zero attached hydrogens (tertiary/aromatic N) is 1. The maximum absolute atomic E-state index is 12.2. The SMILES string of the molecule is CCN(CCO)C(=O)c1cc2ccc(OC(F)(F)F)cc2[nH]1. The number of carbonyl (C=O) groups excluding carboxylic acids is 1. The van der Waals surface area contributed by atoms with E-state index < -0.39 is 6.36 Å². The summed E-state index contributed by atoms with van der Waals surface area (Å²) in [5, 5.41) is 9.52. The summed E-state index contributed by atoms with van der Waals surface area (Å²) in [7, 11) is 0. The number of hydrogen-bond donors (Lipinski definition) is 2. The highest BCUT2D eigenvalue weighted by Gasteiger charge is 2.31. The second-order valence-electron chi connectivity index (χ2n) is 4.59. The van der Waals surface area contributed by atoms with Gasteiger partial charge in [-0.05, 0) is 25.1 Å². The molecule has 2 N–H and O–H groups in total. The van der Waals surface area contributed by atoms with Gasteiger partial charge in [-0.15, -0.1) is 13.2 Å². The summed E-state index contributed by atoms with van der Waals surface area (Å²) in [5.74, 6) is -0.686. The lowest BCUT2D eigenvalue weighted by Crippen LogP contribution is -2.33. The number of carbonyl (C=O) groups is 1. The van der Waals surface area contributed by atoms with Gasteiger partial charge in [-0.25, -0.2) is 0 Å². The van der Waals surface area contributed by atoms with Gasteiger partial charge in [-0.3, -0.25) is 4.79 Å². The Kier molecular flexibility index (Phi) is 4.60. The first-order valence-corrected chi connectivity index (χ1v) is 6.62. The number of alkyl halides is 3. The molecule has 1 aromatic heterocycles. The van der Waals surface area contributed by atoms with Crippen molar-refractivity contribution in [2.75, 3.05) is 19.7 Å². The second-order valence-corrected chi connectivity index (χ2v) is 4.59. The van der Waals surface area contributed by atoms with Gasteiger partial charge in [0.15, 0.2) is 0 Å². The Bertz CT molecular complexity index is 667.